The number of halogens is 1. The number of hydrogen-bond donors (Lipinski definition) is 1. The van der Waals surface area contributed by atoms with Crippen LogP contribution >= 0.6 is 0 Å². The highest BCUT2D eigenvalue weighted by Crippen LogP contribution is 2.24. The average Bonchev–Trinajstić information content (AvgIpc) is 2.82. The molecule has 1 aromatic rings. The van der Waals surface area contributed by atoms with Gasteiger partial charge in [0.2, 0.25) is 0 Å². The minimum Gasteiger partial charge on any atom is -0.468 e. The first-order valence-corrected chi connectivity index (χ1v) is 6.25. The number of carbonyl (C=O) groups excluding carboxylic acids is 1. The Morgan fingerprint density at radius 2 is 2.21 bits per heavy atom. The zero-order chi connectivity index (χ0) is 13.7. The highest BCUT2D eigenvalue weighted by molar-refractivity contribution is 5.81. The molecule has 1 heterocycles. The van der Waals surface area contributed by atoms with E-state index in [9.17, 15) is 9.18 Å². The van der Waals surface area contributed by atoms with Crippen LogP contribution in [0, 0.1) is 0 Å². The monoisotopic (exact) mass is 267 g/mol. The zero-order valence-electron chi connectivity index (χ0n) is 10.9. The lowest BCUT2D eigenvalue weighted by atomic mass is 9.98. The highest BCUT2D eigenvalue weighted by Gasteiger charge is 2.46. The molecule has 1 fully saturated rings. The van der Waals surface area contributed by atoms with Gasteiger partial charge in [0.05, 0.1) is 20.3 Å². The van der Waals surface area contributed by atoms with Crippen molar-refractivity contribution in [2.75, 3.05) is 20.3 Å². The molecule has 2 rings (SSSR count). The van der Waals surface area contributed by atoms with Crippen molar-refractivity contribution >= 4 is 5.97 Å². The summed E-state index contributed by atoms with van der Waals surface area (Å²) in [5.74, 6) is -0.472. The van der Waals surface area contributed by atoms with Gasteiger partial charge < -0.3 is 9.47 Å². The quantitative estimate of drug-likeness (QED) is 0.820. The molecule has 0 aliphatic carbocycles. The van der Waals surface area contributed by atoms with Crippen LogP contribution in [0.15, 0.2) is 30.3 Å². The normalized spacial score (nSPS) is 26.3. The van der Waals surface area contributed by atoms with E-state index in [1.165, 1.54) is 7.11 Å². The van der Waals surface area contributed by atoms with Crippen molar-refractivity contribution in [1.82, 2.24) is 5.32 Å². The summed E-state index contributed by atoms with van der Waals surface area (Å²) in [4.78, 5) is 11.8. The fourth-order valence-electron chi connectivity index (χ4n) is 2.27. The molecule has 104 valence electrons. The van der Waals surface area contributed by atoms with Crippen LogP contribution in [0.2, 0.25) is 0 Å². The van der Waals surface area contributed by atoms with E-state index in [0.29, 0.717) is 6.61 Å². The van der Waals surface area contributed by atoms with E-state index in [1.54, 1.807) is 0 Å². The van der Waals surface area contributed by atoms with Crippen molar-refractivity contribution < 1.29 is 18.7 Å². The molecule has 0 radical (unpaired) electrons. The number of methoxy groups -OCH3 is 1. The van der Waals surface area contributed by atoms with Gasteiger partial charge in [-0.15, -0.1) is 0 Å². The van der Waals surface area contributed by atoms with E-state index < -0.39 is 17.7 Å². The summed E-state index contributed by atoms with van der Waals surface area (Å²) in [7, 11) is 1.30. The average molecular weight is 267 g/mol. The Bertz CT molecular complexity index is 426. The van der Waals surface area contributed by atoms with Crippen LogP contribution in [-0.2, 0) is 20.9 Å². The Kier molecular flexibility index (Phi) is 4.50. The number of nitrogens with one attached hydrogen (secondary N) is 1. The maximum absolute atomic E-state index is 13.3. The number of hydrogen-bond acceptors (Lipinski definition) is 4. The van der Waals surface area contributed by atoms with Gasteiger partial charge in [-0.05, 0) is 5.56 Å². The number of rotatable bonds is 5. The molecule has 4 nitrogen and oxygen atoms in total. The van der Waals surface area contributed by atoms with Crippen molar-refractivity contribution in [3.8, 4) is 0 Å². The zero-order valence-corrected chi connectivity index (χ0v) is 10.9. The molecule has 1 saturated heterocycles. The molecule has 0 saturated carbocycles. The highest BCUT2D eigenvalue weighted by atomic mass is 19.1. The van der Waals surface area contributed by atoms with E-state index in [1.807, 2.05) is 30.3 Å². The molecule has 0 bridgehead atoms. The van der Waals surface area contributed by atoms with E-state index in [0.717, 1.165) is 5.56 Å². The molecule has 5 heteroatoms. The SMILES string of the molecule is COC(=O)C1(COCc2ccccc2)C[C@@H](F)CN1. The Labute approximate surface area is 111 Å². The number of ether oxygens (including phenoxy) is 2. The van der Waals surface area contributed by atoms with Gasteiger partial charge in [-0.25, -0.2) is 9.18 Å². The molecule has 1 aliphatic heterocycles. The summed E-state index contributed by atoms with van der Waals surface area (Å²) in [5.41, 5.74) is -0.0412. The van der Waals surface area contributed by atoms with Crippen molar-refractivity contribution in [1.29, 1.82) is 0 Å². The maximum atomic E-state index is 13.3. The number of alkyl halides is 1. The van der Waals surface area contributed by atoms with Crippen molar-refractivity contribution in [2.45, 2.75) is 24.7 Å². The molecule has 1 N–H and O–H groups in total. The van der Waals surface area contributed by atoms with Crippen LogP contribution < -0.4 is 5.32 Å². The van der Waals surface area contributed by atoms with Gasteiger partial charge in [-0.1, -0.05) is 30.3 Å². The molecule has 0 aromatic heterocycles. The van der Waals surface area contributed by atoms with E-state index in [4.69, 9.17) is 9.47 Å². The van der Waals surface area contributed by atoms with Gasteiger partial charge in [0.15, 0.2) is 0 Å². The smallest absolute Gasteiger partial charge is 0.328 e. The first kappa shape index (κ1) is 14.0. The van der Waals surface area contributed by atoms with Crippen molar-refractivity contribution in [2.24, 2.45) is 0 Å². The van der Waals surface area contributed by atoms with Gasteiger partial charge >= 0.3 is 5.97 Å². The third-order valence-corrected chi connectivity index (χ3v) is 3.27. The van der Waals surface area contributed by atoms with Crippen molar-refractivity contribution in [3.05, 3.63) is 35.9 Å². The van der Waals surface area contributed by atoms with Gasteiger partial charge in [-0.3, -0.25) is 5.32 Å². The van der Waals surface area contributed by atoms with Crippen LogP contribution in [0.5, 0.6) is 0 Å². The standard InChI is InChI=1S/C14H18FNO3/c1-18-13(17)14(7-12(15)8-16-14)10-19-9-11-5-3-2-4-6-11/h2-6,12,16H,7-10H2,1H3/t12-,14?/m1/s1. The number of esters is 1. The van der Waals surface area contributed by atoms with Crippen LogP contribution in [-0.4, -0.2) is 37.9 Å². The van der Waals surface area contributed by atoms with Gasteiger partial charge in [0, 0.05) is 13.0 Å². The molecule has 19 heavy (non-hydrogen) atoms. The first-order valence-electron chi connectivity index (χ1n) is 6.25. The van der Waals surface area contributed by atoms with Gasteiger partial charge in [0.25, 0.3) is 0 Å². The maximum Gasteiger partial charge on any atom is 0.328 e. The van der Waals surface area contributed by atoms with Gasteiger partial charge in [-0.2, -0.15) is 0 Å². The Balaban J connectivity index is 1.93. The summed E-state index contributed by atoms with van der Waals surface area (Å²) in [6.07, 6.45) is -0.950. The van der Waals surface area contributed by atoms with Crippen LogP contribution in [0.3, 0.4) is 0 Å². The molecule has 1 aromatic carbocycles. The fourth-order valence-corrected chi connectivity index (χ4v) is 2.27. The Hall–Kier alpha value is -1.46. The number of benzene rings is 1. The minimum absolute atomic E-state index is 0.0917. The lowest BCUT2D eigenvalue weighted by molar-refractivity contribution is -0.151. The van der Waals surface area contributed by atoms with Crippen LogP contribution in [0.4, 0.5) is 4.39 Å². The van der Waals surface area contributed by atoms with Crippen molar-refractivity contribution in [3.63, 3.8) is 0 Å². The topological polar surface area (TPSA) is 47.6 Å². The number of carbonyl (C=O) groups is 1. The lowest BCUT2D eigenvalue weighted by Gasteiger charge is -2.25. The van der Waals surface area contributed by atoms with Crippen LogP contribution in [0.25, 0.3) is 0 Å². The largest absolute Gasteiger partial charge is 0.468 e. The molecular weight excluding hydrogens is 249 g/mol. The second kappa shape index (κ2) is 6.12. The predicted molar refractivity (Wildman–Crippen MR) is 68.4 cm³/mol. The molecule has 1 aliphatic rings. The fraction of sp³-hybridized carbons (Fsp3) is 0.500. The van der Waals surface area contributed by atoms with E-state index in [-0.39, 0.29) is 19.6 Å². The minimum atomic E-state index is -1.05. The second-order valence-electron chi connectivity index (χ2n) is 4.73. The molecule has 0 spiro atoms. The summed E-state index contributed by atoms with van der Waals surface area (Å²) >= 11 is 0. The van der Waals surface area contributed by atoms with E-state index >= 15 is 0 Å². The van der Waals surface area contributed by atoms with Crippen LogP contribution in [0.1, 0.15) is 12.0 Å². The third-order valence-electron chi connectivity index (χ3n) is 3.27. The summed E-state index contributed by atoms with van der Waals surface area (Å²) in [6, 6.07) is 9.63. The third kappa shape index (κ3) is 3.30. The van der Waals surface area contributed by atoms with Gasteiger partial charge in [0.1, 0.15) is 11.7 Å². The molecule has 0 amide bonds. The Morgan fingerprint density at radius 1 is 1.47 bits per heavy atom. The second-order valence-corrected chi connectivity index (χ2v) is 4.73. The Morgan fingerprint density at radius 3 is 2.79 bits per heavy atom. The lowest BCUT2D eigenvalue weighted by Crippen LogP contribution is -2.52. The summed E-state index contributed by atoms with van der Waals surface area (Å²) in [6.45, 7) is 0.650. The molecular formula is C14H18FNO3. The molecule has 1 unspecified atom stereocenters. The predicted octanol–water partition coefficient (Wildman–Crippen LogP) is 1.45. The summed E-state index contributed by atoms with van der Waals surface area (Å²) in [5, 5.41) is 2.88. The van der Waals surface area contributed by atoms with E-state index in [2.05, 4.69) is 5.32 Å². The molecule has 2 atom stereocenters. The summed E-state index contributed by atoms with van der Waals surface area (Å²) < 4.78 is 23.6. The first-order chi connectivity index (χ1) is 9.16.